The molecule has 0 saturated heterocycles. The summed E-state index contributed by atoms with van der Waals surface area (Å²) >= 11 is 0. The summed E-state index contributed by atoms with van der Waals surface area (Å²) in [5, 5.41) is 11.8. The van der Waals surface area contributed by atoms with Gasteiger partial charge in [0.25, 0.3) is 0 Å². The fraction of sp³-hybridized carbons (Fsp3) is 0.375. The second-order valence-electron chi connectivity index (χ2n) is 8.25. The molecule has 32 heavy (non-hydrogen) atoms. The van der Waals surface area contributed by atoms with Crippen molar-refractivity contribution in [1.29, 1.82) is 0 Å². The second-order valence-corrected chi connectivity index (χ2v) is 8.25. The number of nitrogens with zero attached hydrogens (tertiary/aromatic N) is 2. The smallest absolute Gasteiger partial charge is 0.407 e. The van der Waals surface area contributed by atoms with Crippen LogP contribution in [0.2, 0.25) is 0 Å². The lowest BCUT2D eigenvalue weighted by Crippen LogP contribution is -2.55. The first-order chi connectivity index (χ1) is 15.2. The lowest BCUT2D eigenvalue weighted by atomic mass is 9.98. The quantitative estimate of drug-likeness (QED) is 0.655. The Hall–Kier alpha value is -3.39. The molecule has 0 aromatic heterocycles. The van der Waals surface area contributed by atoms with Gasteiger partial charge in [-0.2, -0.15) is 0 Å². The number of carboxylic acid groups (broad SMARTS) is 1. The summed E-state index contributed by atoms with van der Waals surface area (Å²) in [6.07, 6.45) is -0.719. The van der Waals surface area contributed by atoms with Crippen molar-refractivity contribution in [2.75, 3.05) is 34.3 Å². The summed E-state index contributed by atoms with van der Waals surface area (Å²) in [6, 6.07) is 14.1. The van der Waals surface area contributed by atoms with Crippen LogP contribution in [0.25, 0.3) is 11.1 Å². The molecule has 0 aliphatic heterocycles. The van der Waals surface area contributed by atoms with E-state index in [2.05, 4.69) is 17.4 Å². The molecule has 0 radical (unpaired) electrons. The number of carboxylic acids is 1. The topological polar surface area (TPSA) is 99.2 Å². The molecule has 2 aromatic rings. The molecule has 0 bridgehead atoms. The van der Waals surface area contributed by atoms with Gasteiger partial charge in [0, 0.05) is 19.5 Å². The van der Waals surface area contributed by atoms with Crippen molar-refractivity contribution in [2.45, 2.75) is 24.9 Å². The molecule has 1 unspecified atom stereocenters. The van der Waals surface area contributed by atoms with Gasteiger partial charge in [0.1, 0.15) is 18.7 Å². The SMILES string of the molecule is C[C@@H](C(=O)O)N(C)C(=O)C(CN(C)C)NC(=O)OCC1c2ccccc2-c2ccccc21. The maximum atomic E-state index is 12.8. The molecule has 0 saturated carbocycles. The second kappa shape index (κ2) is 9.82. The third-order valence-corrected chi connectivity index (χ3v) is 5.77. The third kappa shape index (κ3) is 4.91. The summed E-state index contributed by atoms with van der Waals surface area (Å²) in [7, 11) is 4.93. The number of hydrogen-bond acceptors (Lipinski definition) is 5. The zero-order valence-corrected chi connectivity index (χ0v) is 18.7. The summed E-state index contributed by atoms with van der Waals surface area (Å²) in [6.45, 7) is 1.75. The zero-order chi connectivity index (χ0) is 23.4. The van der Waals surface area contributed by atoms with Crippen LogP contribution in [0.3, 0.4) is 0 Å². The summed E-state index contributed by atoms with van der Waals surface area (Å²) in [4.78, 5) is 39.5. The van der Waals surface area contributed by atoms with Gasteiger partial charge in [0.05, 0.1) is 0 Å². The number of benzene rings is 2. The highest BCUT2D eigenvalue weighted by Crippen LogP contribution is 2.44. The Balaban J connectivity index is 1.69. The number of likely N-dealkylation sites (N-methyl/N-ethyl adjacent to an activating group) is 2. The van der Waals surface area contributed by atoms with Gasteiger partial charge in [-0.1, -0.05) is 48.5 Å². The lowest BCUT2D eigenvalue weighted by Gasteiger charge is -2.28. The van der Waals surface area contributed by atoms with Crippen LogP contribution in [-0.2, 0) is 14.3 Å². The van der Waals surface area contributed by atoms with E-state index in [9.17, 15) is 19.5 Å². The highest BCUT2D eigenvalue weighted by atomic mass is 16.5. The van der Waals surface area contributed by atoms with Crippen molar-refractivity contribution in [3.05, 3.63) is 59.7 Å². The Morgan fingerprint density at radius 1 is 1.00 bits per heavy atom. The number of nitrogens with one attached hydrogen (secondary N) is 1. The first-order valence-electron chi connectivity index (χ1n) is 10.5. The van der Waals surface area contributed by atoms with Gasteiger partial charge in [-0.05, 0) is 43.3 Å². The zero-order valence-electron chi connectivity index (χ0n) is 18.7. The maximum Gasteiger partial charge on any atom is 0.407 e. The van der Waals surface area contributed by atoms with Crippen LogP contribution in [0, 0.1) is 0 Å². The van der Waals surface area contributed by atoms with Crippen LogP contribution < -0.4 is 5.32 Å². The minimum Gasteiger partial charge on any atom is -0.480 e. The van der Waals surface area contributed by atoms with Gasteiger partial charge in [-0.3, -0.25) is 4.79 Å². The van der Waals surface area contributed by atoms with E-state index in [0.717, 1.165) is 27.2 Å². The maximum absolute atomic E-state index is 12.8. The average molecular weight is 440 g/mol. The van der Waals surface area contributed by atoms with Crippen molar-refractivity contribution in [3.63, 3.8) is 0 Å². The van der Waals surface area contributed by atoms with Crippen molar-refractivity contribution >= 4 is 18.0 Å². The monoisotopic (exact) mass is 439 g/mol. The van der Waals surface area contributed by atoms with E-state index in [1.54, 1.807) is 19.0 Å². The molecule has 0 spiro atoms. The van der Waals surface area contributed by atoms with E-state index < -0.39 is 30.1 Å². The fourth-order valence-electron chi connectivity index (χ4n) is 3.94. The van der Waals surface area contributed by atoms with E-state index in [4.69, 9.17) is 4.74 Å². The van der Waals surface area contributed by atoms with Crippen molar-refractivity contribution in [1.82, 2.24) is 15.1 Å². The van der Waals surface area contributed by atoms with Gasteiger partial charge < -0.3 is 25.0 Å². The van der Waals surface area contributed by atoms with Crippen LogP contribution in [0.1, 0.15) is 24.0 Å². The number of hydrogen-bond donors (Lipinski definition) is 2. The molecule has 170 valence electrons. The number of carbonyl (C=O) groups is 3. The number of aliphatic carboxylic acids is 1. The molecule has 1 aliphatic rings. The summed E-state index contributed by atoms with van der Waals surface area (Å²) in [5.74, 6) is -1.71. The molecule has 8 heteroatoms. The van der Waals surface area contributed by atoms with Gasteiger partial charge >= 0.3 is 12.1 Å². The standard InChI is InChI=1S/C24H29N3O5/c1-15(23(29)30)27(4)22(28)21(13-26(2)3)25-24(31)32-14-20-18-11-7-5-9-16(18)17-10-6-8-12-19(17)20/h5-12,15,20-21H,13-14H2,1-4H3,(H,25,31)(H,29,30)/t15-,21?/m0/s1. The van der Waals surface area contributed by atoms with Crippen LogP contribution in [0.4, 0.5) is 4.79 Å². The van der Waals surface area contributed by atoms with Gasteiger partial charge in [-0.15, -0.1) is 0 Å². The molecule has 2 amide bonds. The van der Waals surface area contributed by atoms with E-state index >= 15 is 0 Å². The Morgan fingerprint density at radius 2 is 1.53 bits per heavy atom. The van der Waals surface area contributed by atoms with Gasteiger partial charge in [-0.25, -0.2) is 9.59 Å². The molecule has 2 atom stereocenters. The molecule has 3 rings (SSSR count). The number of amides is 2. The molecule has 0 heterocycles. The van der Waals surface area contributed by atoms with E-state index in [0.29, 0.717) is 0 Å². The summed E-state index contributed by atoms with van der Waals surface area (Å²) < 4.78 is 5.53. The predicted octanol–water partition coefficient (Wildman–Crippen LogP) is 2.39. The normalized spacial score (nSPS) is 14.3. The Kier molecular flexibility index (Phi) is 7.15. The van der Waals surface area contributed by atoms with Crippen LogP contribution in [0.5, 0.6) is 0 Å². The van der Waals surface area contributed by atoms with Crippen LogP contribution in [-0.4, -0.2) is 79.3 Å². The van der Waals surface area contributed by atoms with Gasteiger partial charge in [0.15, 0.2) is 0 Å². The first-order valence-corrected chi connectivity index (χ1v) is 10.5. The van der Waals surface area contributed by atoms with E-state index in [1.165, 1.54) is 14.0 Å². The molecule has 1 aliphatic carbocycles. The lowest BCUT2D eigenvalue weighted by molar-refractivity contribution is -0.149. The predicted molar refractivity (Wildman–Crippen MR) is 120 cm³/mol. The largest absolute Gasteiger partial charge is 0.480 e. The van der Waals surface area contributed by atoms with Crippen molar-refractivity contribution < 1.29 is 24.2 Å². The Morgan fingerprint density at radius 3 is 2.03 bits per heavy atom. The summed E-state index contributed by atoms with van der Waals surface area (Å²) in [5.41, 5.74) is 4.44. The highest BCUT2D eigenvalue weighted by molar-refractivity contribution is 5.89. The third-order valence-electron chi connectivity index (χ3n) is 5.77. The average Bonchev–Trinajstić information content (AvgIpc) is 3.09. The van der Waals surface area contributed by atoms with E-state index in [1.807, 2.05) is 36.4 Å². The number of alkyl carbamates (subject to hydrolysis) is 1. The molecule has 8 nitrogen and oxygen atoms in total. The highest BCUT2D eigenvalue weighted by Gasteiger charge is 2.32. The number of fused-ring (bicyclic) bond motifs is 3. The minimum absolute atomic E-state index is 0.0918. The first kappa shape index (κ1) is 23.3. The molecular formula is C24H29N3O5. The molecule has 2 N–H and O–H groups in total. The number of ether oxygens (including phenoxy) is 1. The molecule has 0 fully saturated rings. The molecule has 2 aromatic carbocycles. The molecular weight excluding hydrogens is 410 g/mol. The van der Waals surface area contributed by atoms with Crippen molar-refractivity contribution in [3.8, 4) is 11.1 Å². The fourth-order valence-corrected chi connectivity index (χ4v) is 3.94. The van der Waals surface area contributed by atoms with E-state index in [-0.39, 0.29) is 19.1 Å². The number of rotatable bonds is 8. The Labute approximate surface area is 187 Å². The number of carbonyl (C=O) groups excluding carboxylic acids is 2. The Bertz CT molecular complexity index is 961. The van der Waals surface area contributed by atoms with Crippen LogP contribution >= 0.6 is 0 Å². The van der Waals surface area contributed by atoms with Crippen molar-refractivity contribution in [2.24, 2.45) is 0 Å². The van der Waals surface area contributed by atoms with Crippen LogP contribution in [0.15, 0.2) is 48.5 Å². The minimum atomic E-state index is -1.12. The van der Waals surface area contributed by atoms with Gasteiger partial charge in [0.2, 0.25) is 5.91 Å².